The van der Waals surface area contributed by atoms with Crippen molar-refractivity contribution in [3.05, 3.63) is 48.0 Å². The lowest BCUT2D eigenvalue weighted by Gasteiger charge is -2.19. The minimum Gasteiger partial charge on any atom is -0.444 e. The van der Waals surface area contributed by atoms with Gasteiger partial charge in [-0.15, -0.1) is 6.58 Å². The molecule has 3 N–H and O–H groups in total. The number of hydrogen-bond donors (Lipinski definition) is 3. The van der Waals surface area contributed by atoms with Gasteiger partial charge in [0.15, 0.2) is 0 Å². The molecule has 5 nitrogen and oxygen atoms in total. The van der Waals surface area contributed by atoms with E-state index < -0.39 is 11.7 Å². The molecule has 0 aliphatic carbocycles. The monoisotopic (exact) mass is 289 g/mol. The van der Waals surface area contributed by atoms with Crippen LogP contribution in [0.15, 0.2) is 36.9 Å². The molecule has 0 unspecified atom stereocenters. The van der Waals surface area contributed by atoms with Crippen LogP contribution >= 0.6 is 0 Å². The lowest BCUT2D eigenvalue weighted by molar-refractivity contribution is 0.0563. The smallest absolute Gasteiger partial charge is 0.413 e. The van der Waals surface area contributed by atoms with Crippen molar-refractivity contribution in [1.82, 2.24) is 10.6 Å². The van der Waals surface area contributed by atoms with Gasteiger partial charge in [-0.25, -0.2) is 4.79 Å². The van der Waals surface area contributed by atoms with Gasteiger partial charge in [0.05, 0.1) is 0 Å². The molecule has 0 atom stereocenters. The van der Waals surface area contributed by atoms with Crippen LogP contribution in [0.5, 0.6) is 0 Å². The number of carbonyl (C=O) groups excluding carboxylic acids is 1. The molecule has 0 aliphatic heterocycles. The summed E-state index contributed by atoms with van der Waals surface area (Å²) in [6.07, 6.45) is 1.18. The van der Waals surface area contributed by atoms with Crippen molar-refractivity contribution in [2.45, 2.75) is 32.9 Å². The van der Waals surface area contributed by atoms with E-state index in [1.807, 2.05) is 12.1 Å². The lowest BCUT2D eigenvalue weighted by atomic mass is 10.1. The molecule has 1 aromatic carbocycles. The predicted octanol–water partition coefficient (Wildman–Crippen LogP) is 2.81. The SMILES string of the molecule is C=CCNCc1ccc(C(=N)NC(=O)OC(C)(C)C)cc1. The number of ether oxygens (including phenoxy) is 1. The highest BCUT2D eigenvalue weighted by Gasteiger charge is 2.17. The Balaban J connectivity index is 2.55. The molecular weight excluding hydrogens is 266 g/mol. The first-order chi connectivity index (χ1) is 9.81. The molecule has 0 fully saturated rings. The Kier molecular flexibility index (Phi) is 6.11. The summed E-state index contributed by atoms with van der Waals surface area (Å²) in [6, 6.07) is 7.42. The first kappa shape index (κ1) is 16.9. The molecular formula is C16H23N3O2. The number of benzene rings is 1. The zero-order chi connectivity index (χ0) is 15.9. The van der Waals surface area contributed by atoms with E-state index >= 15 is 0 Å². The van der Waals surface area contributed by atoms with Gasteiger partial charge < -0.3 is 10.1 Å². The second-order valence-corrected chi connectivity index (χ2v) is 5.62. The fourth-order valence-electron chi connectivity index (χ4n) is 1.59. The Bertz CT molecular complexity index is 501. The van der Waals surface area contributed by atoms with Gasteiger partial charge in [-0.1, -0.05) is 30.3 Å². The topological polar surface area (TPSA) is 74.2 Å². The van der Waals surface area contributed by atoms with Crippen molar-refractivity contribution >= 4 is 11.9 Å². The van der Waals surface area contributed by atoms with Gasteiger partial charge in [-0.3, -0.25) is 10.7 Å². The Hall–Kier alpha value is -2.14. The summed E-state index contributed by atoms with van der Waals surface area (Å²) in [7, 11) is 0. The van der Waals surface area contributed by atoms with Crippen LogP contribution in [0, 0.1) is 5.41 Å². The molecule has 0 bridgehead atoms. The van der Waals surface area contributed by atoms with Crippen LogP contribution in [-0.2, 0) is 11.3 Å². The molecule has 0 saturated carbocycles. The third-order valence-electron chi connectivity index (χ3n) is 2.49. The molecule has 1 rings (SSSR count). The molecule has 0 aromatic heterocycles. The molecule has 0 spiro atoms. The number of amidine groups is 1. The van der Waals surface area contributed by atoms with Gasteiger partial charge in [-0.05, 0) is 26.3 Å². The standard InChI is InChI=1S/C16H23N3O2/c1-5-10-18-11-12-6-8-13(9-7-12)14(17)19-15(20)21-16(2,3)4/h5-9,18H,1,10-11H2,2-4H3,(H2,17,19,20). The van der Waals surface area contributed by atoms with Crippen LogP contribution in [0.4, 0.5) is 4.79 Å². The molecule has 0 radical (unpaired) electrons. The van der Waals surface area contributed by atoms with E-state index in [0.717, 1.165) is 18.7 Å². The van der Waals surface area contributed by atoms with E-state index in [1.165, 1.54) is 0 Å². The van der Waals surface area contributed by atoms with Gasteiger partial charge in [0.1, 0.15) is 11.4 Å². The summed E-state index contributed by atoms with van der Waals surface area (Å²) in [5, 5.41) is 13.5. The number of nitrogens with one attached hydrogen (secondary N) is 3. The maximum Gasteiger partial charge on any atom is 0.413 e. The highest BCUT2D eigenvalue weighted by atomic mass is 16.6. The van der Waals surface area contributed by atoms with Crippen molar-refractivity contribution in [3.63, 3.8) is 0 Å². The molecule has 0 saturated heterocycles. The predicted molar refractivity (Wildman–Crippen MR) is 84.5 cm³/mol. The van der Waals surface area contributed by atoms with E-state index in [4.69, 9.17) is 10.1 Å². The van der Waals surface area contributed by atoms with E-state index in [9.17, 15) is 4.79 Å². The molecule has 5 heteroatoms. The average Bonchev–Trinajstić information content (AvgIpc) is 2.37. The largest absolute Gasteiger partial charge is 0.444 e. The maximum absolute atomic E-state index is 11.6. The van der Waals surface area contributed by atoms with Crippen molar-refractivity contribution in [2.75, 3.05) is 6.54 Å². The van der Waals surface area contributed by atoms with E-state index in [0.29, 0.717) is 5.56 Å². The van der Waals surface area contributed by atoms with Crippen LogP contribution in [-0.4, -0.2) is 24.1 Å². The van der Waals surface area contributed by atoms with Crippen LogP contribution in [0.1, 0.15) is 31.9 Å². The van der Waals surface area contributed by atoms with Crippen LogP contribution in [0.3, 0.4) is 0 Å². The summed E-state index contributed by atoms with van der Waals surface area (Å²) in [5.41, 5.74) is 1.16. The number of rotatable bonds is 5. The molecule has 0 heterocycles. The van der Waals surface area contributed by atoms with Crippen LogP contribution < -0.4 is 10.6 Å². The van der Waals surface area contributed by atoms with Gasteiger partial charge in [0, 0.05) is 18.7 Å². The molecule has 0 aliphatic rings. The Morgan fingerprint density at radius 3 is 2.48 bits per heavy atom. The van der Waals surface area contributed by atoms with Crippen molar-refractivity contribution in [2.24, 2.45) is 0 Å². The van der Waals surface area contributed by atoms with Gasteiger partial charge in [-0.2, -0.15) is 0 Å². The first-order valence-electron chi connectivity index (χ1n) is 6.81. The normalized spacial score (nSPS) is 10.8. The fraction of sp³-hybridized carbons (Fsp3) is 0.375. The fourth-order valence-corrected chi connectivity index (χ4v) is 1.59. The number of amides is 1. The van der Waals surface area contributed by atoms with Crippen molar-refractivity contribution < 1.29 is 9.53 Å². The van der Waals surface area contributed by atoms with Gasteiger partial charge in [0.2, 0.25) is 0 Å². The minimum atomic E-state index is -0.621. The summed E-state index contributed by atoms with van der Waals surface area (Å²) in [6.45, 7) is 10.5. The maximum atomic E-state index is 11.6. The lowest BCUT2D eigenvalue weighted by Crippen LogP contribution is -2.36. The van der Waals surface area contributed by atoms with E-state index in [2.05, 4.69) is 17.2 Å². The summed E-state index contributed by atoms with van der Waals surface area (Å²) in [5.74, 6) is 0.0230. The summed E-state index contributed by atoms with van der Waals surface area (Å²) in [4.78, 5) is 11.6. The highest BCUT2D eigenvalue weighted by Crippen LogP contribution is 2.08. The van der Waals surface area contributed by atoms with Crippen LogP contribution in [0.25, 0.3) is 0 Å². The quantitative estimate of drug-likeness (QED) is 0.338. The summed E-state index contributed by atoms with van der Waals surface area (Å²) < 4.78 is 5.11. The molecule has 21 heavy (non-hydrogen) atoms. The summed E-state index contributed by atoms with van der Waals surface area (Å²) >= 11 is 0. The zero-order valence-corrected chi connectivity index (χ0v) is 12.8. The molecule has 1 aromatic rings. The van der Waals surface area contributed by atoms with Crippen LogP contribution in [0.2, 0.25) is 0 Å². The molecule has 1 amide bonds. The van der Waals surface area contributed by atoms with Crippen molar-refractivity contribution in [3.8, 4) is 0 Å². The molecule has 114 valence electrons. The minimum absolute atomic E-state index is 0.0230. The average molecular weight is 289 g/mol. The third kappa shape index (κ3) is 6.72. The van der Waals surface area contributed by atoms with Crippen molar-refractivity contribution in [1.29, 1.82) is 5.41 Å². The Morgan fingerprint density at radius 1 is 1.33 bits per heavy atom. The second kappa shape index (κ2) is 7.59. The first-order valence-corrected chi connectivity index (χ1v) is 6.81. The second-order valence-electron chi connectivity index (χ2n) is 5.62. The zero-order valence-electron chi connectivity index (χ0n) is 12.8. The third-order valence-corrected chi connectivity index (χ3v) is 2.49. The Labute approximate surface area is 125 Å². The van der Waals surface area contributed by atoms with Gasteiger partial charge >= 0.3 is 6.09 Å². The number of alkyl carbamates (subject to hydrolysis) is 1. The highest BCUT2D eigenvalue weighted by molar-refractivity contribution is 6.04. The number of hydrogen-bond acceptors (Lipinski definition) is 4. The Morgan fingerprint density at radius 2 is 1.95 bits per heavy atom. The number of carbonyl (C=O) groups is 1. The van der Waals surface area contributed by atoms with E-state index in [1.54, 1.807) is 39.0 Å². The van der Waals surface area contributed by atoms with E-state index in [-0.39, 0.29) is 5.84 Å². The van der Waals surface area contributed by atoms with Gasteiger partial charge in [0.25, 0.3) is 0 Å².